The molecule has 3 heteroatoms. The third-order valence-electron chi connectivity index (χ3n) is 2.13. The first-order valence-electron chi connectivity index (χ1n) is 4.52. The van der Waals surface area contributed by atoms with Gasteiger partial charge in [0, 0.05) is 11.6 Å². The van der Waals surface area contributed by atoms with E-state index in [1.165, 1.54) is 0 Å². The monoisotopic (exact) mass is 182 g/mol. The molecule has 0 bridgehead atoms. The zero-order valence-corrected chi connectivity index (χ0v) is 8.28. The van der Waals surface area contributed by atoms with Crippen molar-refractivity contribution >= 4 is 0 Å². The van der Waals surface area contributed by atoms with Crippen LogP contribution in [0.5, 0.6) is 11.6 Å². The van der Waals surface area contributed by atoms with Gasteiger partial charge in [-0.1, -0.05) is 6.92 Å². The second-order valence-electron chi connectivity index (χ2n) is 3.37. The molecule has 13 heavy (non-hydrogen) atoms. The van der Waals surface area contributed by atoms with Crippen LogP contribution in [0, 0.1) is 0 Å². The molecule has 0 amide bonds. The minimum Gasteiger partial charge on any atom is -0.500 e. The molecule has 0 radical (unpaired) electrons. The Morgan fingerprint density at radius 2 is 2.00 bits per heavy atom. The number of nitrogens with zero attached hydrogens (tertiary/aromatic N) is 1. The van der Waals surface area contributed by atoms with E-state index in [4.69, 9.17) is 0 Å². The predicted octanol–water partition coefficient (Wildman–Crippen LogP) is 1.53. The lowest BCUT2D eigenvalue weighted by atomic mass is 10.2. The second-order valence-corrected chi connectivity index (χ2v) is 3.37. The first-order valence-corrected chi connectivity index (χ1v) is 4.52. The highest BCUT2D eigenvalue weighted by Crippen LogP contribution is 2.25. The molecule has 3 nitrogen and oxygen atoms in total. The van der Waals surface area contributed by atoms with Crippen LogP contribution >= 0.6 is 0 Å². The number of aryl methyl sites for hydroxylation is 1. The summed E-state index contributed by atoms with van der Waals surface area (Å²) in [5.41, 5.74) is 0.773. The van der Waals surface area contributed by atoms with Gasteiger partial charge in [-0.25, -0.2) is 0 Å². The summed E-state index contributed by atoms with van der Waals surface area (Å²) >= 11 is 0. The molecule has 1 aromatic heterocycles. The van der Waals surface area contributed by atoms with Crippen LogP contribution in [0.4, 0.5) is 0 Å². The summed E-state index contributed by atoms with van der Waals surface area (Å²) in [6, 6.07) is 1.98. The standard InChI is InChI=1S/C10H15NO2/c1-4-8-5-6-11(7(2)3)10(13)9(8)12/h5-7,12H,4H2,1-3H3/p+1. The highest BCUT2D eigenvalue weighted by atomic mass is 16.3. The number of hydrogen-bond donors (Lipinski definition) is 2. The Hall–Kier alpha value is -1.25. The van der Waals surface area contributed by atoms with Gasteiger partial charge in [0.05, 0.1) is 0 Å². The lowest BCUT2D eigenvalue weighted by Gasteiger charge is -2.05. The van der Waals surface area contributed by atoms with E-state index >= 15 is 0 Å². The first-order chi connectivity index (χ1) is 6.07. The Labute approximate surface area is 78.3 Å². The van der Waals surface area contributed by atoms with E-state index in [1.807, 2.05) is 26.8 Å². The summed E-state index contributed by atoms with van der Waals surface area (Å²) in [6.45, 7) is 5.84. The normalized spacial score (nSPS) is 10.8. The van der Waals surface area contributed by atoms with E-state index in [2.05, 4.69) is 0 Å². The predicted molar refractivity (Wildman–Crippen MR) is 49.7 cm³/mol. The van der Waals surface area contributed by atoms with E-state index in [1.54, 1.807) is 10.8 Å². The average Bonchev–Trinajstić information content (AvgIpc) is 2.09. The molecule has 2 N–H and O–H groups in total. The zero-order chi connectivity index (χ0) is 10.0. The maximum Gasteiger partial charge on any atom is 0.409 e. The van der Waals surface area contributed by atoms with Gasteiger partial charge in [-0.3, -0.25) is 0 Å². The van der Waals surface area contributed by atoms with Crippen LogP contribution in [0.15, 0.2) is 12.3 Å². The van der Waals surface area contributed by atoms with Crippen LogP contribution in [0.1, 0.15) is 32.4 Å². The topological polar surface area (TPSA) is 44.3 Å². The Morgan fingerprint density at radius 1 is 1.38 bits per heavy atom. The van der Waals surface area contributed by atoms with Gasteiger partial charge in [0.25, 0.3) is 0 Å². The minimum atomic E-state index is -0.0469. The molecule has 0 saturated carbocycles. The fraction of sp³-hybridized carbons (Fsp3) is 0.500. The molecule has 0 fully saturated rings. The van der Waals surface area contributed by atoms with Crippen LogP contribution in [-0.4, -0.2) is 10.2 Å². The van der Waals surface area contributed by atoms with Gasteiger partial charge in [0.1, 0.15) is 0 Å². The molecule has 1 aromatic rings. The van der Waals surface area contributed by atoms with Gasteiger partial charge in [-0.15, -0.1) is 0 Å². The summed E-state index contributed by atoms with van der Waals surface area (Å²) in [5.74, 6) is -0.0481. The highest BCUT2D eigenvalue weighted by molar-refractivity contribution is 5.35. The Bertz CT molecular complexity index is 308. The van der Waals surface area contributed by atoms with Crippen molar-refractivity contribution in [2.24, 2.45) is 0 Å². The molecule has 1 rings (SSSR count). The van der Waals surface area contributed by atoms with E-state index in [0.29, 0.717) is 0 Å². The van der Waals surface area contributed by atoms with E-state index in [-0.39, 0.29) is 17.7 Å². The fourth-order valence-electron chi connectivity index (χ4n) is 1.29. The van der Waals surface area contributed by atoms with Crippen molar-refractivity contribution in [1.29, 1.82) is 0 Å². The number of aromatic nitrogens is 1. The third kappa shape index (κ3) is 1.74. The summed E-state index contributed by atoms with van der Waals surface area (Å²) in [5, 5.41) is 19.1. The average molecular weight is 182 g/mol. The van der Waals surface area contributed by atoms with E-state index < -0.39 is 0 Å². The minimum absolute atomic E-state index is 0.00120. The van der Waals surface area contributed by atoms with Crippen molar-refractivity contribution in [2.75, 3.05) is 0 Å². The van der Waals surface area contributed by atoms with Crippen molar-refractivity contribution in [3.8, 4) is 11.6 Å². The van der Waals surface area contributed by atoms with Gasteiger partial charge in [-0.2, -0.15) is 4.57 Å². The summed E-state index contributed by atoms with van der Waals surface area (Å²) in [6.07, 6.45) is 2.51. The van der Waals surface area contributed by atoms with Crippen molar-refractivity contribution in [3.05, 3.63) is 17.8 Å². The summed E-state index contributed by atoms with van der Waals surface area (Å²) in [4.78, 5) is 0. The van der Waals surface area contributed by atoms with Crippen LogP contribution < -0.4 is 4.57 Å². The molecule has 0 aliphatic heterocycles. The van der Waals surface area contributed by atoms with Crippen molar-refractivity contribution in [2.45, 2.75) is 33.2 Å². The Balaban J connectivity index is 3.23. The first kappa shape index (κ1) is 9.84. The molecule has 1 heterocycles. The second kappa shape index (κ2) is 3.64. The van der Waals surface area contributed by atoms with Gasteiger partial charge >= 0.3 is 5.88 Å². The SMILES string of the molecule is CCc1cc[n+](C(C)C)c(O)c1O. The quantitative estimate of drug-likeness (QED) is 0.681. The number of aromatic hydroxyl groups is 2. The molecule has 72 valence electrons. The molecule has 0 aromatic carbocycles. The van der Waals surface area contributed by atoms with Gasteiger partial charge in [0.2, 0.25) is 5.75 Å². The fourth-order valence-corrected chi connectivity index (χ4v) is 1.29. The third-order valence-corrected chi connectivity index (χ3v) is 2.13. The lowest BCUT2D eigenvalue weighted by Crippen LogP contribution is -2.35. The van der Waals surface area contributed by atoms with Crippen molar-refractivity contribution in [3.63, 3.8) is 0 Å². The lowest BCUT2D eigenvalue weighted by molar-refractivity contribution is -0.721. The van der Waals surface area contributed by atoms with Gasteiger partial charge < -0.3 is 10.2 Å². The number of rotatable bonds is 2. The van der Waals surface area contributed by atoms with Gasteiger partial charge in [0.15, 0.2) is 12.2 Å². The molecule has 0 saturated heterocycles. The highest BCUT2D eigenvalue weighted by Gasteiger charge is 2.19. The number of hydrogen-bond acceptors (Lipinski definition) is 2. The maximum absolute atomic E-state index is 9.59. The van der Waals surface area contributed by atoms with E-state index in [0.717, 1.165) is 12.0 Å². The Morgan fingerprint density at radius 3 is 2.46 bits per heavy atom. The zero-order valence-electron chi connectivity index (χ0n) is 8.28. The van der Waals surface area contributed by atoms with Crippen LogP contribution in [0.25, 0.3) is 0 Å². The smallest absolute Gasteiger partial charge is 0.409 e. The van der Waals surface area contributed by atoms with Crippen molar-refractivity contribution < 1.29 is 14.8 Å². The molecule has 0 aliphatic carbocycles. The molecular weight excluding hydrogens is 166 g/mol. The van der Waals surface area contributed by atoms with Crippen LogP contribution in [0.3, 0.4) is 0 Å². The number of pyridine rings is 1. The molecule has 0 aliphatic rings. The molecule has 0 unspecified atom stereocenters. The maximum atomic E-state index is 9.59. The van der Waals surface area contributed by atoms with Crippen LogP contribution in [-0.2, 0) is 6.42 Å². The summed E-state index contributed by atoms with van der Waals surface area (Å²) < 4.78 is 1.63. The molecule has 0 spiro atoms. The largest absolute Gasteiger partial charge is 0.500 e. The van der Waals surface area contributed by atoms with Crippen LogP contribution in [0.2, 0.25) is 0 Å². The molecular formula is C10H16NO2+. The molecule has 0 atom stereocenters. The van der Waals surface area contributed by atoms with E-state index in [9.17, 15) is 10.2 Å². The van der Waals surface area contributed by atoms with Crippen molar-refractivity contribution in [1.82, 2.24) is 0 Å². The Kier molecular flexibility index (Phi) is 2.76. The van der Waals surface area contributed by atoms with Gasteiger partial charge in [-0.05, 0) is 20.3 Å². The summed E-state index contributed by atoms with van der Waals surface area (Å²) in [7, 11) is 0.